The summed E-state index contributed by atoms with van der Waals surface area (Å²) in [7, 11) is 1.39. The van der Waals surface area contributed by atoms with Crippen molar-refractivity contribution in [1.29, 1.82) is 0 Å². The fraction of sp³-hybridized carbons (Fsp3) is 0.263. The number of alkyl halides is 3. The van der Waals surface area contributed by atoms with Crippen LogP contribution in [0.5, 0.6) is 11.5 Å². The van der Waals surface area contributed by atoms with Crippen LogP contribution < -0.4 is 20.1 Å². The highest BCUT2D eigenvalue weighted by molar-refractivity contribution is 5.96. The summed E-state index contributed by atoms with van der Waals surface area (Å²) in [5.41, 5.74) is 4.30. The molecule has 0 atom stereocenters. The lowest BCUT2D eigenvalue weighted by Gasteiger charge is -2.24. The third kappa shape index (κ3) is 5.84. The molecular formula is C19H18F4N2O4. The highest BCUT2D eigenvalue weighted by atomic mass is 19.4. The van der Waals surface area contributed by atoms with Crippen molar-refractivity contribution in [1.82, 2.24) is 0 Å². The topological polar surface area (TPSA) is 81.9 Å². The molecular weight excluding hydrogens is 396 g/mol. The van der Waals surface area contributed by atoms with Crippen molar-refractivity contribution < 1.29 is 36.6 Å². The van der Waals surface area contributed by atoms with E-state index in [4.69, 9.17) is 15.2 Å². The highest BCUT2D eigenvalue weighted by Crippen LogP contribution is 2.32. The second kappa shape index (κ2) is 9.26. The molecule has 0 fully saturated rings. The second-order valence-corrected chi connectivity index (χ2v) is 5.87. The summed E-state index contributed by atoms with van der Waals surface area (Å²) < 4.78 is 62.0. The van der Waals surface area contributed by atoms with E-state index < -0.39 is 41.7 Å². The van der Waals surface area contributed by atoms with E-state index in [2.05, 4.69) is 0 Å². The zero-order chi connectivity index (χ0) is 21.6. The number of anilines is 1. The van der Waals surface area contributed by atoms with E-state index in [0.29, 0.717) is 17.5 Å². The van der Waals surface area contributed by atoms with Gasteiger partial charge in [0.25, 0.3) is 5.91 Å². The number of nitrogens with two attached hydrogens (primary N) is 1. The van der Waals surface area contributed by atoms with Gasteiger partial charge in [0, 0.05) is 13.0 Å². The maximum Gasteiger partial charge on any atom is 0.416 e. The number of hydrogen-bond donors (Lipinski definition) is 1. The Morgan fingerprint density at radius 2 is 1.79 bits per heavy atom. The lowest BCUT2D eigenvalue weighted by Crippen LogP contribution is -2.37. The molecule has 6 nitrogen and oxygen atoms in total. The number of rotatable bonds is 8. The zero-order valence-electron chi connectivity index (χ0n) is 15.3. The van der Waals surface area contributed by atoms with Crippen LogP contribution in [0.1, 0.15) is 12.0 Å². The number of methoxy groups -OCH3 is 1. The lowest BCUT2D eigenvalue weighted by atomic mass is 10.2. The predicted molar refractivity (Wildman–Crippen MR) is 96.1 cm³/mol. The van der Waals surface area contributed by atoms with Gasteiger partial charge in [-0.1, -0.05) is 12.1 Å². The van der Waals surface area contributed by atoms with Crippen molar-refractivity contribution in [3.05, 3.63) is 53.8 Å². The first-order valence-corrected chi connectivity index (χ1v) is 8.34. The van der Waals surface area contributed by atoms with Crippen LogP contribution in [0.25, 0.3) is 0 Å². The van der Waals surface area contributed by atoms with Crippen LogP contribution in [0.15, 0.2) is 42.5 Å². The Balaban J connectivity index is 2.19. The quantitative estimate of drug-likeness (QED) is 0.673. The van der Waals surface area contributed by atoms with Crippen LogP contribution in [-0.2, 0) is 15.8 Å². The van der Waals surface area contributed by atoms with Crippen molar-refractivity contribution in [3.8, 4) is 11.5 Å². The van der Waals surface area contributed by atoms with Crippen LogP contribution in [0.3, 0.4) is 0 Å². The standard InChI is InChI=1S/C19H18F4N2O4/c1-28-16-5-3-2-4-14(16)25(9-8-17(24)26)18(27)11-29-15-7-6-12(10-13(15)20)19(21,22)23/h2-7,10H,8-9,11H2,1H3,(H2,24,26). The van der Waals surface area contributed by atoms with Crippen LogP contribution in [-0.4, -0.2) is 32.1 Å². The molecule has 0 aromatic heterocycles. The molecule has 0 radical (unpaired) electrons. The Morgan fingerprint density at radius 3 is 2.38 bits per heavy atom. The van der Waals surface area contributed by atoms with Gasteiger partial charge in [0.2, 0.25) is 5.91 Å². The van der Waals surface area contributed by atoms with Crippen LogP contribution >= 0.6 is 0 Å². The van der Waals surface area contributed by atoms with Crippen molar-refractivity contribution in [2.24, 2.45) is 5.73 Å². The number of nitrogens with zero attached hydrogens (tertiary/aromatic N) is 1. The molecule has 0 spiro atoms. The van der Waals surface area contributed by atoms with Gasteiger partial charge in [-0.2, -0.15) is 13.2 Å². The molecule has 2 aromatic rings. The normalized spacial score (nSPS) is 11.1. The third-order valence-electron chi connectivity index (χ3n) is 3.87. The summed E-state index contributed by atoms with van der Waals surface area (Å²) >= 11 is 0. The molecule has 29 heavy (non-hydrogen) atoms. The molecule has 2 aromatic carbocycles. The number of halogens is 4. The van der Waals surface area contributed by atoms with E-state index in [1.54, 1.807) is 24.3 Å². The minimum atomic E-state index is -4.70. The van der Waals surface area contributed by atoms with Crippen molar-refractivity contribution in [2.75, 3.05) is 25.2 Å². The van der Waals surface area contributed by atoms with Gasteiger partial charge >= 0.3 is 6.18 Å². The van der Waals surface area contributed by atoms with Gasteiger partial charge in [0.1, 0.15) is 5.75 Å². The average molecular weight is 414 g/mol. The van der Waals surface area contributed by atoms with E-state index in [-0.39, 0.29) is 19.0 Å². The molecule has 2 rings (SSSR count). The predicted octanol–water partition coefficient (Wildman–Crippen LogP) is 3.14. The number of benzene rings is 2. The Labute approximate surface area is 163 Å². The Kier molecular flexibility index (Phi) is 7.03. The number of carbonyl (C=O) groups excluding carboxylic acids is 2. The molecule has 0 aliphatic heterocycles. The van der Waals surface area contributed by atoms with Gasteiger partial charge in [-0.15, -0.1) is 0 Å². The van der Waals surface area contributed by atoms with Crippen molar-refractivity contribution >= 4 is 17.5 Å². The van der Waals surface area contributed by atoms with Gasteiger partial charge in [0.05, 0.1) is 18.4 Å². The molecule has 0 heterocycles. The number of para-hydroxylation sites is 2. The average Bonchev–Trinajstić information content (AvgIpc) is 2.66. The number of amides is 2. The highest BCUT2D eigenvalue weighted by Gasteiger charge is 2.31. The Hall–Kier alpha value is -3.30. The molecule has 0 aliphatic carbocycles. The van der Waals surface area contributed by atoms with Gasteiger partial charge in [0.15, 0.2) is 18.2 Å². The van der Waals surface area contributed by atoms with Gasteiger partial charge < -0.3 is 20.1 Å². The summed E-state index contributed by atoms with van der Waals surface area (Å²) in [5.74, 6) is -2.75. The summed E-state index contributed by atoms with van der Waals surface area (Å²) in [6, 6.07) is 8.19. The Bertz CT molecular complexity index is 887. The van der Waals surface area contributed by atoms with Crippen LogP contribution in [0.2, 0.25) is 0 Å². The van der Waals surface area contributed by atoms with Gasteiger partial charge in [-0.3, -0.25) is 9.59 Å². The molecule has 0 saturated heterocycles. The summed E-state index contributed by atoms with van der Waals surface area (Å²) in [5, 5.41) is 0. The van der Waals surface area contributed by atoms with Gasteiger partial charge in [-0.25, -0.2) is 4.39 Å². The molecule has 156 valence electrons. The van der Waals surface area contributed by atoms with E-state index >= 15 is 0 Å². The Morgan fingerprint density at radius 1 is 1.10 bits per heavy atom. The first-order chi connectivity index (χ1) is 13.6. The van der Waals surface area contributed by atoms with E-state index in [1.807, 2.05) is 0 Å². The molecule has 2 N–H and O–H groups in total. The molecule has 0 aliphatic rings. The maximum atomic E-state index is 13.9. The smallest absolute Gasteiger partial charge is 0.416 e. The van der Waals surface area contributed by atoms with Crippen molar-refractivity contribution in [2.45, 2.75) is 12.6 Å². The zero-order valence-corrected chi connectivity index (χ0v) is 15.3. The number of primary amides is 1. The number of ether oxygens (including phenoxy) is 2. The minimum absolute atomic E-state index is 0.0899. The largest absolute Gasteiger partial charge is 0.495 e. The fourth-order valence-corrected chi connectivity index (χ4v) is 2.47. The molecule has 2 amide bonds. The minimum Gasteiger partial charge on any atom is -0.495 e. The number of hydrogen-bond acceptors (Lipinski definition) is 4. The first kappa shape index (κ1) is 22.0. The molecule has 0 saturated carbocycles. The summed E-state index contributed by atoms with van der Waals surface area (Å²) in [4.78, 5) is 24.9. The second-order valence-electron chi connectivity index (χ2n) is 5.87. The lowest BCUT2D eigenvalue weighted by molar-refractivity contribution is -0.137. The number of carbonyl (C=O) groups is 2. The molecule has 10 heteroatoms. The fourth-order valence-electron chi connectivity index (χ4n) is 2.47. The molecule has 0 bridgehead atoms. The molecule has 0 unspecified atom stereocenters. The van der Waals surface area contributed by atoms with Crippen LogP contribution in [0.4, 0.5) is 23.2 Å². The third-order valence-corrected chi connectivity index (χ3v) is 3.87. The van der Waals surface area contributed by atoms with E-state index in [1.165, 1.54) is 12.0 Å². The van der Waals surface area contributed by atoms with E-state index in [0.717, 1.165) is 6.07 Å². The maximum absolute atomic E-state index is 13.9. The van der Waals surface area contributed by atoms with Crippen LogP contribution in [0, 0.1) is 5.82 Å². The monoisotopic (exact) mass is 414 g/mol. The van der Waals surface area contributed by atoms with Crippen molar-refractivity contribution in [3.63, 3.8) is 0 Å². The summed E-state index contributed by atoms with van der Waals surface area (Å²) in [6.07, 6.45) is -4.86. The van der Waals surface area contributed by atoms with Gasteiger partial charge in [-0.05, 0) is 30.3 Å². The van der Waals surface area contributed by atoms with E-state index in [9.17, 15) is 27.2 Å². The first-order valence-electron chi connectivity index (χ1n) is 8.34. The SMILES string of the molecule is COc1ccccc1N(CCC(N)=O)C(=O)COc1ccc(C(F)(F)F)cc1F. The summed E-state index contributed by atoms with van der Waals surface area (Å²) in [6.45, 7) is -0.771.